The van der Waals surface area contributed by atoms with E-state index < -0.39 is 5.91 Å². The highest BCUT2D eigenvalue weighted by molar-refractivity contribution is 5.88. The van der Waals surface area contributed by atoms with Crippen LogP contribution in [0.4, 0.5) is 0 Å². The molecule has 0 aliphatic carbocycles. The summed E-state index contributed by atoms with van der Waals surface area (Å²) in [5.41, 5.74) is 7.21. The molecule has 0 aromatic carbocycles. The second-order valence-corrected chi connectivity index (χ2v) is 5.63. The number of pyridine rings is 1. The van der Waals surface area contributed by atoms with Crippen LogP contribution in [0.5, 0.6) is 0 Å². The van der Waals surface area contributed by atoms with E-state index in [-0.39, 0.29) is 11.9 Å². The minimum Gasteiger partial charge on any atom is -0.363 e. The largest absolute Gasteiger partial charge is 0.363 e. The number of hydrogen-bond donors (Lipinski definition) is 1. The Bertz CT molecular complexity index is 854. The number of carbonyl (C=O) groups excluding carboxylic acids is 1. The molecule has 0 spiro atoms. The van der Waals surface area contributed by atoms with Crippen molar-refractivity contribution in [1.29, 1.82) is 0 Å². The minimum atomic E-state index is -0.675. The maximum Gasteiger partial charge on any atom is 0.290 e. The van der Waals surface area contributed by atoms with Crippen molar-refractivity contribution in [3.05, 3.63) is 48.0 Å². The van der Waals surface area contributed by atoms with E-state index in [1.807, 2.05) is 30.6 Å². The quantitative estimate of drug-likeness (QED) is 0.775. The van der Waals surface area contributed by atoms with Gasteiger partial charge < -0.3 is 14.7 Å². The molecule has 8 heteroatoms. The van der Waals surface area contributed by atoms with Crippen LogP contribution >= 0.6 is 0 Å². The number of amides is 1. The van der Waals surface area contributed by atoms with E-state index in [2.05, 4.69) is 24.4 Å². The first-order chi connectivity index (χ1) is 11.2. The summed E-state index contributed by atoms with van der Waals surface area (Å²) in [7, 11) is 0. The van der Waals surface area contributed by atoms with Crippen molar-refractivity contribution in [3.63, 3.8) is 0 Å². The predicted molar refractivity (Wildman–Crippen MR) is 80.4 cm³/mol. The molecule has 4 rings (SSSR count). The van der Waals surface area contributed by atoms with E-state index in [0.29, 0.717) is 5.89 Å². The first-order valence-electron chi connectivity index (χ1n) is 7.51. The maximum absolute atomic E-state index is 11.1. The Morgan fingerprint density at radius 2 is 2.35 bits per heavy atom. The standard InChI is InChI=1S/C15H16N6O2/c16-13(22)14-18-15(23-19-14)11-4-3-6-20(11)9-10-8-17-12-5-1-2-7-21(10)12/h1-2,5,7-8,11H,3-4,6,9H2,(H2,16,22). The molecule has 3 aromatic rings. The fourth-order valence-corrected chi connectivity index (χ4v) is 3.08. The average Bonchev–Trinajstić information content (AvgIpc) is 3.26. The Labute approximate surface area is 131 Å². The van der Waals surface area contributed by atoms with Crippen molar-refractivity contribution in [3.8, 4) is 0 Å². The number of nitrogens with zero attached hydrogens (tertiary/aromatic N) is 5. The summed E-state index contributed by atoms with van der Waals surface area (Å²) in [6, 6.07) is 5.93. The van der Waals surface area contributed by atoms with Crippen LogP contribution in [0.1, 0.15) is 41.1 Å². The summed E-state index contributed by atoms with van der Waals surface area (Å²) in [5, 5.41) is 3.64. The fraction of sp³-hybridized carbons (Fsp3) is 0.333. The lowest BCUT2D eigenvalue weighted by Gasteiger charge is -2.20. The average molecular weight is 312 g/mol. The van der Waals surface area contributed by atoms with Crippen LogP contribution in [0.15, 0.2) is 35.1 Å². The van der Waals surface area contributed by atoms with Crippen LogP contribution < -0.4 is 5.73 Å². The number of hydrogen-bond acceptors (Lipinski definition) is 6. The summed E-state index contributed by atoms with van der Waals surface area (Å²) in [4.78, 5) is 21.9. The summed E-state index contributed by atoms with van der Waals surface area (Å²) < 4.78 is 7.29. The van der Waals surface area contributed by atoms with E-state index in [0.717, 1.165) is 37.3 Å². The summed E-state index contributed by atoms with van der Waals surface area (Å²) in [5.74, 6) is -0.293. The third-order valence-electron chi connectivity index (χ3n) is 4.17. The number of likely N-dealkylation sites (tertiary alicyclic amines) is 1. The molecular formula is C15H16N6O2. The first kappa shape index (κ1) is 13.9. The molecule has 1 aliphatic rings. The lowest BCUT2D eigenvalue weighted by atomic mass is 10.2. The second kappa shape index (κ2) is 5.47. The van der Waals surface area contributed by atoms with E-state index >= 15 is 0 Å². The monoisotopic (exact) mass is 312 g/mol. The molecule has 1 atom stereocenters. The molecule has 2 N–H and O–H groups in total. The van der Waals surface area contributed by atoms with Gasteiger partial charge in [0.25, 0.3) is 11.7 Å². The molecule has 0 bridgehead atoms. The van der Waals surface area contributed by atoms with Gasteiger partial charge in [0.15, 0.2) is 0 Å². The van der Waals surface area contributed by atoms with Gasteiger partial charge in [-0.1, -0.05) is 11.2 Å². The summed E-state index contributed by atoms with van der Waals surface area (Å²) >= 11 is 0. The van der Waals surface area contributed by atoms with Gasteiger partial charge in [-0.15, -0.1) is 0 Å². The van der Waals surface area contributed by atoms with Crippen molar-refractivity contribution in [2.75, 3.05) is 6.54 Å². The van der Waals surface area contributed by atoms with Crippen LogP contribution in [-0.2, 0) is 6.54 Å². The van der Waals surface area contributed by atoms with Gasteiger partial charge in [0.05, 0.1) is 17.9 Å². The van der Waals surface area contributed by atoms with Gasteiger partial charge in [-0.05, 0) is 31.5 Å². The third-order valence-corrected chi connectivity index (χ3v) is 4.17. The topological polar surface area (TPSA) is 103 Å². The van der Waals surface area contributed by atoms with E-state index in [1.54, 1.807) is 0 Å². The Hall–Kier alpha value is -2.74. The van der Waals surface area contributed by atoms with E-state index in [1.165, 1.54) is 0 Å². The SMILES string of the molecule is NC(=O)c1noc(C2CCCN2Cc2cnc3ccccn23)n1. The van der Waals surface area contributed by atoms with Gasteiger partial charge in [0, 0.05) is 12.7 Å². The molecule has 118 valence electrons. The molecule has 3 aromatic heterocycles. The molecule has 1 aliphatic heterocycles. The minimum absolute atomic E-state index is 0.00450. The number of imidazole rings is 1. The molecular weight excluding hydrogens is 296 g/mol. The van der Waals surface area contributed by atoms with Crippen LogP contribution in [0, 0.1) is 0 Å². The third kappa shape index (κ3) is 2.46. The Balaban J connectivity index is 1.59. The highest BCUT2D eigenvalue weighted by Gasteiger charge is 2.31. The van der Waals surface area contributed by atoms with Crippen LogP contribution in [0.25, 0.3) is 5.65 Å². The Morgan fingerprint density at radius 1 is 1.43 bits per heavy atom. The Kier molecular flexibility index (Phi) is 3.30. The number of nitrogens with two attached hydrogens (primary N) is 1. The van der Waals surface area contributed by atoms with Gasteiger partial charge in [-0.25, -0.2) is 4.98 Å². The fourth-order valence-electron chi connectivity index (χ4n) is 3.08. The summed E-state index contributed by atoms with van der Waals surface area (Å²) in [6.07, 6.45) is 5.83. The number of aromatic nitrogens is 4. The van der Waals surface area contributed by atoms with E-state index in [4.69, 9.17) is 10.3 Å². The normalized spacial score (nSPS) is 18.7. The van der Waals surface area contributed by atoms with Gasteiger partial charge in [-0.2, -0.15) is 4.98 Å². The first-order valence-corrected chi connectivity index (χ1v) is 7.51. The highest BCUT2D eigenvalue weighted by atomic mass is 16.5. The zero-order chi connectivity index (χ0) is 15.8. The number of fused-ring (bicyclic) bond motifs is 1. The molecule has 8 nitrogen and oxygen atoms in total. The predicted octanol–water partition coefficient (Wildman–Crippen LogP) is 1.15. The summed E-state index contributed by atoms with van der Waals surface area (Å²) in [6.45, 7) is 1.66. The highest BCUT2D eigenvalue weighted by Crippen LogP contribution is 2.32. The smallest absolute Gasteiger partial charge is 0.290 e. The second-order valence-electron chi connectivity index (χ2n) is 5.63. The Morgan fingerprint density at radius 3 is 3.17 bits per heavy atom. The molecule has 1 amide bonds. The molecule has 0 radical (unpaired) electrons. The molecule has 0 saturated carbocycles. The van der Waals surface area contributed by atoms with Crippen molar-refractivity contribution in [2.24, 2.45) is 5.73 Å². The zero-order valence-corrected chi connectivity index (χ0v) is 12.4. The molecule has 1 unspecified atom stereocenters. The van der Waals surface area contributed by atoms with Crippen molar-refractivity contribution >= 4 is 11.6 Å². The van der Waals surface area contributed by atoms with Crippen molar-refractivity contribution in [2.45, 2.75) is 25.4 Å². The van der Waals surface area contributed by atoms with Gasteiger partial charge >= 0.3 is 0 Å². The van der Waals surface area contributed by atoms with Gasteiger partial charge in [0.1, 0.15) is 5.65 Å². The molecule has 23 heavy (non-hydrogen) atoms. The van der Waals surface area contributed by atoms with Crippen LogP contribution in [0.3, 0.4) is 0 Å². The number of primary amides is 1. The molecule has 1 fully saturated rings. The van der Waals surface area contributed by atoms with Gasteiger partial charge in [0.2, 0.25) is 5.89 Å². The van der Waals surface area contributed by atoms with E-state index in [9.17, 15) is 4.79 Å². The lowest BCUT2D eigenvalue weighted by molar-refractivity contribution is 0.0987. The van der Waals surface area contributed by atoms with Crippen LogP contribution in [-0.4, -0.2) is 36.9 Å². The number of carbonyl (C=O) groups is 1. The number of rotatable bonds is 4. The lowest BCUT2D eigenvalue weighted by Crippen LogP contribution is -2.24. The van der Waals surface area contributed by atoms with Crippen LogP contribution in [0.2, 0.25) is 0 Å². The zero-order valence-electron chi connectivity index (χ0n) is 12.4. The molecule has 4 heterocycles. The van der Waals surface area contributed by atoms with Gasteiger partial charge in [-0.3, -0.25) is 9.69 Å². The maximum atomic E-state index is 11.1. The van der Waals surface area contributed by atoms with Crippen molar-refractivity contribution < 1.29 is 9.32 Å². The van der Waals surface area contributed by atoms with Crippen molar-refractivity contribution in [1.82, 2.24) is 24.4 Å². The molecule has 1 saturated heterocycles.